The Hall–Kier alpha value is -2.08. The Morgan fingerprint density at radius 2 is 2.06 bits per heavy atom. The predicted octanol–water partition coefficient (Wildman–Crippen LogP) is 1.01. The number of amides is 1. The van der Waals surface area contributed by atoms with Gasteiger partial charge in [0.25, 0.3) is 5.91 Å². The number of nitrogens with one attached hydrogen (secondary N) is 2. The van der Waals surface area contributed by atoms with Crippen LogP contribution >= 0.6 is 11.6 Å². The molecule has 6 nitrogen and oxygen atoms in total. The van der Waals surface area contributed by atoms with E-state index in [0.29, 0.717) is 18.0 Å². The second-order valence-electron chi connectivity index (χ2n) is 3.69. The lowest BCUT2D eigenvalue weighted by molar-refractivity contribution is 0.0950. The first-order valence-corrected chi connectivity index (χ1v) is 5.73. The van der Waals surface area contributed by atoms with E-state index in [-0.39, 0.29) is 17.4 Å². The molecule has 0 spiro atoms. The number of benzene rings is 1. The molecule has 1 aromatic heterocycles. The molecule has 0 saturated heterocycles. The normalized spacial score (nSPS) is 10.3. The van der Waals surface area contributed by atoms with Crippen molar-refractivity contribution in [3.8, 4) is 0 Å². The molecule has 0 aliphatic carbocycles. The average molecular weight is 266 g/mol. The third kappa shape index (κ3) is 2.98. The summed E-state index contributed by atoms with van der Waals surface area (Å²) >= 11 is 5.78. The highest BCUT2D eigenvalue weighted by Crippen LogP contribution is 2.09. The van der Waals surface area contributed by atoms with Crippen molar-refractivity contribution in [2.75, 3.05) is 12.3 Å². The lowest BCUT2D eigenvalue weighted by atomic mass is 10.1. The van der Waals surface area contributed by atoms with E-state index in [0.717, 1.165) is 5.56 Å². The molecule has 4 N–H and O–H groups in total. The highest BCUT2D eigenvalue weighted by atomic mass is 35.5. The minimum absolute atomic E-state index is 0.0963. The molecule has 7 heteroatoms. The summed E-state index contributed by atoms with van der Waals surface area (Å²) in [5.41, 5.74) is 6.67. The molecule has 94 valence electrons. The Bertz CT molecular complexity index is 537. The summed E-state index contributed by atoms with van der Waals surface area (Å²) in [6, 6.07) is 7.46. The average Bonchev–Trinajstić information content (AvgIpc) is 2.78. The van der Waals surface area contributed by atoms with Gasteiger partial charge in [-0.1, -0.05) is 23.7 Å². The Morgan fingerprint density at radius 1 is 1.33 bits per heavy atom. The first-order valence-electron chi connectivity index (χ1n) is 5.35. The highest BCUT2D eigenvalue weighted by molar-refractivity contribution is 6.30. The zero-order valence-corrected chi connectivity index (χ0v) is 10.2. The number of nitrogens with two attached hydrogens (primary N) is 1. The van der Waals surface area contributed by atoms with E-state index in [9.17, 15) is 4.79 Å². The molecule has 0 bridgehead atoms. The number of halogens is 1. The van der Waals surface area contributed by atoms with E-state index in [1.54, 1.807) is 0 Å². The minimum atomic E-state index is -0.338. The summed E-state index contributed by atoms with van der Waals surface area (Å²) in [7, 11) is 0. The van der Waals surface area contributed by atoms with Crippen LogP contribution in [0, 0.1) is 0 Å². The van der Waals surface area contributed by atoms with Crippen molar-refractivity contribution in [2.24, 2.45) is 0 Å². The van der Waals surface area contributed by atoms with Gasteiger partial charge in [-0.25, -0.2) is 0 Å². The van der Waals surface area contributed by atoms with E-state index in [1.807, 2.05) is 24.3 Å². The third-order valence-electron chi connectivity index (χ3n) is 2.40. The van der Waals surface area contributed by atoms with Crippen LogP contribution in [0.5, 0.6) is 0 Å². The van der Waals surface area contributed by atoms with E-state index < -0.39 is 0 Å². The number of carbonyl (C=O) groups excluding carboxylic acids is 1. The Labute approximate surface area is 109 Å². The zero-order chi connectivity index (χ0) is 13.0. The number of aromatic nitrogens is 3. The van der Waals surface area contributed by atoms with E-state index in [4.69, 9.17) is 17.3 Å². The summed E-state index contributed by atoms with van der Waals surface area (Å²) in [5, 5.41) is 12.9. The van der Waals surface area contributed by atoms with Gasteiger partial charge in [0.2, 0.25) is 0 Å². The van der Waals surface area contributed by atoms with Crippen LogP contribution in [0.2, 0.25) is 5.02 Å². The first kappa shape index (κ1) is 12.4. The molecule has 0 atom stereocenters. The Kier molecular flexibility index (Phi) is 3.78. The van der Waals surface area contributed by atoms with Crippen molar-refractivity contribution in [2.45, 2.75) is 6.42 Å². The monoisotopic (exact) mass is 265 g/mol. The van der Waals surface area contributed by atoms with Crippen molar-refractivity contribution >= 4 is 23.3 Å². The van der Waals surface area contributed by atoms with Gasteiger partial charge in [-0.15, -0.1) is 10.2 Å². The molecule has 0 aliphatic rings. The Morgan fingerprint density at radius 3 is 2.67 bits per heavy atom. The summed E-state index contributed by atoms with van der Waals surface area (Å²) < 4.78 is 0. The third-order valence-corrected chi connectivity index (χ3v) is 2.65. The highest BCUT2D eigenvalue weighted by Gasteiger charge is 2.12. The van der Waals surface area contributed by atoms with Crippen molar-refractivity contribution in [1.29, 1.82) is 0 Å². The van der Waals surface area contributed by atoms with Crippen LogP contribution < -0.4 is 11.1 Å². The van der Waals surface area contributed by atoms with Crippen LogP contribution in [0.3, 0.4) is 0 Å². The van der Waals surface area contributed by atoms with Gasteiger partial charge < -0.3 is 11.1 Å². The van der Waals surface area contributed by atoms with Crippen molar-refractivity contribution in [3.63, 3.8) is 0 Å². The van der Waals surface area contributed by atoms with E-state index in [1.165, 1.54) is 0 Å². The maximum absolute atomic E-state index is 11.6. The van der Waals surface area contributed by atoms with Crippen molar-refractivity contribution < 1.29 is 4.79 Å². The van der Waals surface area contributed by atoms with Gasteiger partial charge in [0.1, 0.15) is 0 Å². The van der Waals surface area contributed by atoms with Crippen LogP contribution in [-0.4, -0.2) is 27.9 Å². The summed E-state index contributed by atoms with van der Waals surface area (Å²) in [6.45, 7) is 0.493. The molecule has 0 saturated carbocycles. The SMILES string of the molecule is Nc1n[nH]nc1C(=O)NCCc1ccc(Cl)cc1. The number of anilines is 1. The van der Waals surface area contributed by atoms with Crippen LogP contribution in [0.15, 0.2) is 24.3 Å². The molecule has 0 radical (unpaired) electrons. The first-order chi connectivity index (χ1) is 8.66. The molecule has 0 unspecified atom stereocenters. The molecular formula is C11H12ClN5O. The molecule has 18 heavy (non-hydrogen) atoms. The smallest absolute Gasteiger partial charge is 0.275 e. The molecule has 0 fully saturated rings. The Balaban J connectivity index is 1.84. The standard InChI is InChI=1S/C11H12ClN5O/c12-8-3-1-7(2-4-8)5-6-14-11(18)9-10(13)16-17-15-9/h1-4H,5-6H2,(H,14,18)(H3,13,15,16,17). The van der Waals surface area contributed by atoms with Crippen LogP contribution in [0.25, 0.3) is 0 Å². The second-order valence-corrected chi connectivity index (χ2v) is 4.13. The number of nitrogen functional groups attached to an aromatic ring is 1. The summed E-state index contributed by atoms with van der Waals surface area (Å²) in [6.07, 6.45) is 0.709. The molecular weight excluding hydrogens is 254 g/mol. The molecule has 0 aliphatic heterocycles. The van der Waals surface area contributed by atoms with Crippen LogP contribution in [0.4, 0.5) is 5.82 Å². The lowest BCUT2D eigenvalue weighted by Gasteiger charge is -2.03. The van der Waals surface area contributed by atoms with Gasteiger partial charge in [0, 0.05) is 11.6 Å². The predicted molar refractivity (Wildman–Crippen MR) is 68.3 cm³/mol. The fourth-order valence-electron chi connectivity index (χ4n) is 1.46. The summed E-state index contributed by atoms with van der Waals surface area (Å²) in [5.74, 6) is -0.241. The minimum Gasteiger partial charge on any atom is -0.380 e. The van der Waals surface area contributed by atoms with Gasteiger partial charge >= 0.3 is 0 Å². The quantitative estimate of drug-likeness (QED) is 0.769. The molecule has 1 aromatic carbocycles. The number of nitrogens with zero attached hydrogens (tertiary/aromatic N) is 2. The number of hydrogen-bond donors (Lipinski definition) is 3. The molecule has 2 aromatic rings. The number of aromatic amines is 1. The number of hydrogen-bond acceptors (Lipinski definition) is 4. The zero-order valence-electron chi connectivity index (χ0n) is 9.48. The fraction of sp³-hybridized carbons (Fsp3) is 0.182. The van der Waals surface area contributed by atoms with Crippen LogP contribution in [-0.2, 0) is 6.42 Å². The molecule has 1 heterocycles. The number of H-pyrrole nitrogens is 1. The van der Waals surface area contributed by atoms with Crippen molar-refractivity contribution in [1.82, 2.24) is 20.7 Å². The summed E-state index contributed by atoms with van der Waals surface area (Å²) in [4.78, 5) is 11.6. The van der Waals surface area contributed by atoms with Gasteiger partial charge in [-0.05, 0) is 24.1 Å². The van der Waals surface area contributed by atoms with Gasteiger partial charge in [-0.2, -0.15) is 5.21 Å². The fourth-order valence-corrected chi connectivity index (χ4v) is 1.59. The number of rotatable bonds is 4. The molecule has 2 rings (SSSR count). The number of carbonyl (C=O) groups is 1. The van der Waals surface area contributed by atoms with E-state index >= 15 is 0 Å². The van der Waals surface area contributed by atoms with Gasteiger partial charge in [-0.3, -0.25) is 4.79 Å². The topological polar surface area (TPSA) is 96.7 Å². The second kappa shape index (κ2) is 5.50. The van der Waals surface area contributed by atoms with Crippen molar-refractivity contribution in [3.05, 3.63) is 40.5 Å². The molecule has 1 amide bonds. The maximum atomic E-state index is 11.6. The van der Waals surface area contributed by atoms with E-state index in [2.05, 4.69) is 20.7 Å². The lowest BCUT2D eigenvalue weighted by Crippen LogP contribution is -2.26. The van der Waals surface area contributed by atoms with Gasteiger partial charge in [0.05, 0.1) is 0 Å². The van der Waals surface area contributed by atoms with Crippen LogP contribution in [0.1, 0.15) is 16.1 Å². The van der Waals surface area contributed by atoms with Gasteiger partial charge in [0.15, 0.2) is 11.5 Å². The maximum Gasteiger partial charge on any atom is 0.275 e. The largest absolute Gasteiger partial charge is 0.380 e.